The molecule has 3 amide bonds. The minimum atomic E-state index is -0.755. The van der Waals surface area contributed by atoms with E-state index in [9.17, 15) is 19.2 Å². The summed E-state index contributed by atoms with van der Waals surface area (Å²) >= 11 is 0. The van der Waals surface area contributed by atoms with Gasteiger partial charge in [0.25, 0.3) is 17.7 Å². The highest BCUT2D eigenvalue weighted by atomic mass is 16.5. The van der Waals surface area contributed by atoms with Gasteiger partial charge in [-0.25, -0.2) is 0 Å². The first-order valence-electron chi connectivity index (χ1n) is 12.4. The molecule has 0 heterocycles. The molecule has 40 heavy (non-hydrogen) atoms. The minimum Gasteiger partial charge on any atom is -0.497 e. The zero-order valence-corrected chi connectivity index (χ0v) is 21.7. The molecule has 0 aliphatic rings. The largest absolute Gasteiger partial charge is 0.497 e. The van der Waals surface area contributed by atoms with Crippen LogP contribution in [-0.4, -0.2) is 44.0 Å². The van der Waals surface area contributed by atoms with Crippen LogP contribution >= 0.6 is 0 Å². The Morgan fingerprint density at radius 2 is 1.18 bits per heavy atom. The fourth-order valence-corrected chi connectivity index (χ4v) is 3.68. The van der Waals surface area contributed by atoms with E-state index in [2.05, 4.69) is 16.0 Å². The molecule has 4 rings (SSSR count). The fourth-order valence-electron chi connectivity index (χ4n) is 3.68. The predicted molar refractivity (Wildman–Crippen MR) is 151 cm³/mol. The Morgan fingerprint density at radius 1 is 0.625 bits per heavy atom. The molecule has 9 nitrogen and oxygen atoms in total. The van der Waals surface area contributed by atoms with Crippen LogP contribution < -0.4 is 20.7 Å². The van der Waals surface area contributed by atoms with Crippen LogP contribution in [0.5, 0.6) is 5.75 Å². The Morgan fingerprint density at radius 3 is 1.82 bits per heavy atom. The molecule has 0 aromatic heterocycles. The molecule has 202 valence electrons. The summed E-state index contributed by atoms with van der Waals surface area (Å²) in [5.41, 5.74) is 3.82. The van der Waals surface area contributed by atoms with Crippen molar-refractivity contribution in [2.24, 2.45) is 0 Å². The number of hydrogen-bond acceptors (Lipinski definition) is 6. The molecule has 0 fully saturated rings. The van der Waals surface area contributed by atoms with Crippen LogP contribution in [0.4, 0.5) is 11.4 Å². The highest BCUT2D eigenvalue weighted by Crippen LogP contribution is 2.19. The Kier molecular flexibility index (Phi) is 9.23. The lowest BCUT2D eigenvalue weighted by atomic mass is 10.0. The van der Waals surface area contributed by atoms with Crippen molar-refractivity contribution in [3.05, 3.63) is 114 Å². The van der Waals surface area contributed by atoms with Gasteiger partial charge in [-0.2, -0.15) is 0 Å². The van der Waals surface area contributed by atoms with Gasteiger partial charge in [-0.1, -0.05) is 42.5 Å². The standard InChI is InChI=1S/C31H27N3O6/c1-39-27-17-15-26(16-18-27)34-31(38)24-11-13-25(14-12-24)33-28(35)20-40-29(36)19-32-30(37)23-9-7-22(8-10-23)21-5-3-2-4-6-21/h2-18H,19-20H2,1H3,(H,32,37)(H,33,35)(H,34,38). The molecule has 0 radical (unpaired) electrons. The first-order valence-corrected chi connectivity index (χ1v) is 12.4. The van der Waals surface area contributed by atoms with E-state index in [0.717, 1.165) is 11.1 Å². The van der Waals surface area contributed by atoms with Gasteiger partial charge in [0.1, 0.15) is 12.3 Å². The molecule has 0 saturated heterocycles. The smallest absolute Gasteiger partial charge is 0.325 e. The van der Waals surface area contributed by atoms with Crippen molar-refractivity contribution in [1.29, 1.82) is 0 Å². The normalized spacial score (nSPS) is 10.2. The average molecular weight is 538 g/mol. The SMILES string of the molecule is COc1ccc(NC(=O)c2ccc(NC(=O)COC(=O)CNC(=O)c3ccc(-c4ccccc4)cc3)cc2)cc1. The van der Waals surface area contributed by atoms with E-state index in [-0.39, 0.29) is 12.5 Å². The van der Waals surface area contributed by atoms with Crippen LogP contribution in [-0.2, 0) is 14.3 Å². The van der Waals surface area contributed by atoms with E-state index in [4.69, 9.17) is 9.47 Å². The topological polar surface area (TPSA) is 123 Å². The van der Waals surface area contributed by atoms with Crippen molar-refractivity contribution >= 4 is 35.1 Å². The third kappa shape index (κ3) is 7.78. The number of hydrogen-bond donors (Lipinski definition) is 3. The highest BCUT2D eigenvalue weighted by molar-refractivity contribution is 6.04. The monoisotopic (exact) mass is 537 g/mol. The summed E-state index contributed by atoms with van der Waals surface area (Å²) in [4.78, 5) is 49.0. The van der Waals surface area contributed by atoms with Crippen LogP contribution in [0.2, 0.25) is 0 Å². The van der Waals surface area contributed by atoms with Crippen molar-refractivity contribution in [1.82, 2.24) is 5.32 Å². The lowest BCUT2D eigenvalue weighted by Crippen LogP contribution is -2.32. The number of carbonyl (C=O) groups is 4. The molecule has 0 spiro atoms. The molecule has 4 aromatic carbocycles. The summed E-state index contributed by atoms with van der Waals surface area (Å²) in [5, 5.41) is 7.84. The Bertz CT molecular complexity index is 1470. The van der Waals surface area contributed by atoms with Crippen molar-refractivity contribution < 1.29 is 28.7 Å². The van der Waals surface area contributed by atoms with Gasteiger partial charge in [0.05, 0.1) is 7.11 Å². The van der Waals surface area contributed by atoms with Crippen molar-refractivity contribution in [2.75, 3.05) is 30.9 Å². The lowest BCUT2D eigenvalue weighted by molar-refractivity contribution is -0.146. The van der Waals surface area contributed by atoms with Crippen LogP contribution in [0.3, 0.4) is 0 Å². The van der Waals surface area contributed by atoms with Gasteiger partial charge < -0.3 is 25.4 Å². The van der Waals surface area contributed by atoms with Gasteiger partial charge in [-0.15, -0.1) is 0 Å². The minimum absolute atomic E-state index is 0.314. The van der Waals surface area contributed by atoms with Crippen molar-refractivity contribution in [3.8, 4) is 16.9 Å². The Labute approximate surface area is 231 Å². The summed E-state index contributed by atoms with van der Waals surface area (Å²) < 4.78 is 10.0. The third-order valence-electron chi connectivity index (χ3n) is 5.79. The number of nitrogens with one attached hydrogen (secondary N) is 3. The number of anilines is 2. The van der Waals surface area contributed by atoms with Crippen molar-refractivity contribution in [2.45, 2.75) is 0 Å². The second kappa shape index (κ2) is 13.4. The number of esters is 1. The van der Waals surface area contributed by atoms with E-state index >= 15 is 0 Å². The van der Waals surface area contributed by atoms with Gasteiger partial charge in [-0.05, 0) is 71.8 Å². The number of ether oxygens (including phenoxy) is 2. The number of methoxy groups -OCH3 is 1. The van der Waals surface area contributed by atoms with E-state index < -0.39 is 24.4 Å². The molecule has 0 atom stereocenters. The van der Waals surface area contributed by atoms with Crippen LogP contribution in [0.25, 0.3) is 11.1 Å². The molecule has 4 aromatic rings. The molecule has 9 heteroatoms. The average Bonchev–Trinajstić information content (AvgIpc) is 3.00. The summed E-state index contributed by atoms with van der Waals surface area (Å²) in [7, 11) is 1.56. The lowest BCUT2D eigenvalue weighted by Gasteiger charge is -2.09. The zero-order valence-electron chi connectivity index (χ0n) is 21.7. The first kappa shape index (κ1) is 27.6. The summed E-state index contributed by atoms with van der Waals surface area (Å²) in [6.07, 6.45) is 0. The number of rotatable bonds is 10. The molecule has 0 unspecified atom stereocenters. The summed E-state index contributed by atoms with van der Waals surface area (Å²) in [6, 6.07) is 29.9. The number of amides is 3. The van der Waals surface area contributed by atoms with E-state index in [1.165, 1.54) is 0 Å². The van der Waals surface area contributed by atoms with Gasteiger partial charge in [0.2, 0.25) is 0 Å². The summed E-state index contributed by atoms with van der Waals surface area (Å²) in [5.74, 6) is -1.39. The molecular formula is C31H27N3O6. The van der Waals surface area contributed by atoms with Gasteiger partial charge >= 0.3 is 5.97 Å². The molecular weight excluding hydrogens is 510 g/mol. The van der Waals surface area contributed by atoms with E-state index in [1.807, 2.05) is 42.5 Å². The molecule has 0 saturated carbocycles. The zero-order chi connectivity index (χ0) is 28.3. The first-order chi connectivity index (χ1) is 19.4. The second-order valence-electron chi connectivity index (χ2n) is 8.59. The van der Waals surface area contributed by atoms with Gasteiger partial charge in [-0.3, -0.25) is 19.2 Å². The second-order valence-corrected chi connectivity index (χ2v) is 8.59. The maximum absolute atomic E-state index is 12.4. The van der Waals surface area contributed by atoms with E-state index in [1.54, 1.807) is 67.8 Å². The quantitative estimate of drug-likeness (QED) is 0.256. The van der Waals surface area contributed by atoms with Crippen LogP contribution in [0.15, 0.2) is 103 Å². The van der Waals surface area contributed by atoms with Crippen molar-refractivity contribution in [3.63, 3.8) is 0 Å². The van der Waals surface area contributed by atoms with Gasteiger partial charge in [0.15, 0.2) is 6.61 Å². The van der Waals surface area contributed by atoms with Crippen LogP contribution in [0, 0.1) is 0 Å². The van der Waals surface area contributed by atoms with Crippen LogP contribution in [0.1, 0.15) is 20.7 Å². The molecule has 3 N–H and O–H groups in total. The number of carbonyl (C=O) groups excluding carboxylic acids is 4. The Hall–Kier alpha value is -5.44. The molecule has 0 aliphatic carbocycles. The molecule has 0 bridgehead atoms. The third-order valence-corrected chi connectivity index (χ3v) is 5.79. The van der Waals surface area contributed by atoms with E-state index in [0.29, 0.717) is 28.3 Å². The van der Waals surface area contributed by atoms with Gasteiger partial charge in [0, 0.05) is 22.5 Å². The number of benzene rings is 4. The summed E-state index contributed by atoms with van der Waals surface area (Å²) in [6.45, 7) is -0.912. The molecule has 0 aliphatic heterocycles. The maximum atomic E-state index is 12.4. The highest BCUT2D eigenvalue weighted by Gasteiger charge is 2.12. The Balaban J connectivity index is 1.18. The predicted octanol–water partition coefficient (Wildman–Crippen LogP) is 4.53. The maximum Gasteiger partial charge on any atom is 0.325 e. The fraction of sp³-hybridized carbons (Fsp3) is 0.0968.